The van der Waals surface area contributed by atoms with E-state index in [-0.39, 0.29) is 0 Å². The maximum atomic E-state index is 10.3. The van der Waals surface area contributed by atoms with Crippen molar-refractivity contribution in [2.24, 2.45) is 0 Å². The summed E-state index contributed by atoms with van der Waals surface area (Å²) in [5, 5.41) is 0.631. The first-order valence-electron chi connectivity index (χ1n) is 5.33. The number of fused-ring (bicyclic) bond motifs is 1. The van der Waals surface area contributed by atoms with Gasteiger partial charge in [0.15, 0.2) is 11.5 Å². The highest BCUT2D eigenvalue weighted by molar-refractivity contribution is 6.31. The van der Waals surface area contributed by atoms with Crippen LogP contribution < -0.4 is 9.47 Å². The molecule has 0 amide bonds. The quantitative estimate of drug-likeness (QED) is 0.762. The highest BCUT2D eigenvalue weighted by Gasteiger charge is 2.13. The fraction of sp³-hybridized carbons (Fsp3) is 0.417. The SMILES string of the molecule is O=CCCc1cc2c(cc1Cl)OCCCO2. The molecule has 0 atom stereocenters. The van der Waals surface area contributed by atoms with Gasteiger partial charge >= 0.3 is 0 Å². The molecule has 1 heterocycles. The predicted octanol–water partition coefficient (Wildman–Crippen LogP) is 2.63. The molecule has 0 aromatic heterocycles. The monoisotopic (exact) mass is 240 g/mol. The van der Waals surface area contributed by atoms with E-state index in [1.807, 2.05) is 6.07 Å². The second-order valence-corrected chi connectivity index (χ2v) is 4.05. The van der Waals surface area contributed by atoms with E-state index in [1.165, 1.54) is 0 Å². The molecule has 1 aromatic carbocycles. The van der Waals surface area contributed by atoms with Crippen molar-refractivity contribution in [1.29, 1.82) is 0 Å². The molecule has 0 unspecified atom stereocenters. The molecular formula is C12H13ClO3. The van der Waals surface area contributed by atoms with Crippen molar-refractivity contribution in [3.8, 4) is 11.5 Å². The smallest absolute Gasteiger partial charge is 0.162 e. The van der Waals surface area contributed by atoms with Gasteiger partial charge in [0.25, 0.3) is 0 Å². The highest BCUT2D eigenvalue weighted by atomic mass is 35.5. The number of carbonyl (C=O) groups is 1. The number of carbonyl (C=O) groups excluding carboxylic acids is 1. The van der Waals surface area contributed by atoms with Gasteiger partial charge in [-0.05, 0) is 18.1 Å². The number of rotatable bonds is 3. The van der Waals surface area contributed by atoms with Crippen LogP contribution in [0, 0.1) is 0 Å². The molecular weight excluding hydrogens is 228 g/mol. The zero-order valence-electron chi connectivity index (χ0n) is 8.87. The Labute approximate surface area is 99.3 Å². The van der Waals surface area contributed by atoms with E-state index in [0.717, 1.165) is 24.0 Å². The summed E-state index contributed by atoms with van der Waals surface area (Å²) < 4.78 is 11.1. The number of aldehydes is 1. The number of halogens is 1. The van der Waals surface area contributed by atoms with Crippen molar-refractivity contribution in [3.05, 3.63) is 22.7 Å². The Bertz CT molecular complexity index is 390. The summed E-state index contributed by atoms with van der Waals surface area (Å²) >= 11 is 6.10. The molecule has 0 fully saturated rings. The van der Waals surface area contributed by atoms with Crippen LogP contribution in [0.3, 0.4) is 0 Å². The Morgan fingerprint density at radius 2 is 1.94 bits per heavy atom. The van der Waals surface area contributed by atoms with Crippen LogP contribution in [0.4, 0.5) is 0 Å². The molecule has 0 bridgehead atoms. The number of benzene rings is 1. The van der Waals surface area contributed by atoms with Crippen LogP contribution in [0.25, 0.3) is 0 Å². The van der Waals surface area contributed by atoms with Crippen molar-refractivity contribution < 1.29 is 14.3 Å². The van der Waals surface area contributed by atoms with Gasteiger partial charge in [-0.2, -0.15) is 0 Å². The molecule has 0 radical (unpaired) electrons. The number of hydrogen-bond donors (Lipinski definition) is 0. The van der Waals surface area contributed by atoms with Crippen LogP contribution in [-0.2, 0) is 11.2 Å². The first-order valence-corrected chi connectivity index (χ1v) is 5.70. The molecule has 4 heteroatoms. The van der Waals surface area contributed by atoms with E-state index in [4.69, 9.17) is 21.1 Å². The lowest BCUT2D eigenvalue weighted by Crippen LogP contribution is -1.97. The Morgan fingerprint density at radius 3 is 2.62 bits per heavy atom. The van der Waals surface area contributed by atoms with Gasteiger partial charge in [-0.1, -0.05) is 11.6 Å². The third-order valence-corrected chi connectivity index (χ3v) is 2.80. The minimum atomic E-state index is 0.472. The van der Waals surface area contributed by atoms with Crippen LogP contribution in [0.15, 0.2) is 12.1 Å². The maximum absolute atomic E-state index is 10.3. The van der Waals surface area contributed by atoms with Gasteiger partial charge < -0.3 is 14.3 Å². The zero-order valence-corrected chi connectivity index (χ0v) is 9.63. The maximum Gasteiger partial charge on any atom is 0.162 e. The molecule has 0 N–H and O–H groups in total. The minimum absolute atomic E-state index is 0.472. The number of aryl methyl sites for hydroxylation is 1. The van der Waals surface area contributed by atoms with E-state index in [0.29, 0.717) is 36.8 Å². The average molecular weight is 241 g/mol. The molecule has 1 aromatic rings. The van der Waals surface area contributed by atoms with Gasteiger partial charge in [-0.3, -0.25) is 0 Å². The lowest BCUT2D eigenvalue weighted by atomic mass is 10.1. The fourth-order valence-electron chi connectivity index (χ4n) is 1.63. The summed E-state index contributed by atoms with van der Waals surface area (Å²) in [6, 6.07) is 3.63. The Morgan fingerprint density at radius 1 is 1.25 bits per heavy atom. The van der Waals surface area contributed by atoms with Gasteiger partial charge in [0.2, 0.25) is 0 Å². The van der Waals surface area contributed by atoms with Crippen molar-refractivity contribution in [2.75, 3.05) is 13.2 Å². The van der Waals surface area contributed by atoms with E-state index in [9.17, 15) is 4.79 Å². The largest absolute Gasteiger partial charge is 0.490 e. The highest BCUT2D eigenvalue weighted by Crippen LogP contribution is 2.35. The average Bonchev–Trinajstić information content (AvgIpc) is 2.50. The third kappa shape index (κ3) is 2.47. The van der Waals surface area contributed by atoms with Gasteiger partial charge in [-0.15, -0.1) is 0 Å². The first-order chi connectivity index (χ1) is 7.81. The zero-order chi connectivity index (χ0) is 11.4. The summed E-state index contributed by atoms with van der Waals surface area (Å²) in [7, 11) is 0. The molecule has 0 saturated carbocycles. The van der Waals surface area contributed by atoms with Crippen molar-refractivity contribution in [2.45, 2.75) is 19.3 Å². The van der Waals surface area contributed by atoms with Crippen LogP contribution in [0.1, 0.15) is 18.4 Å². The Hall–Kier alpha value is -1.22. The van der Waals surface area contributed by atoms with Crippen molar-refractivity contribution in [3.63, 3.8) is 0 Å². The second kappa shape index (κ2) is 5.21. The van der Waals surface area contributed by atoms with Gasteiger partial charge in [0, 0.05) is 23.9 Å². The van der Waals surface area contributed by atoms with Crippen molar-refractivity contribution in [1.82, 2.24) is 0 Å². The van der Waals surface area contributed by atoms with Gasteiger partial charge in [-0.25, -0.2) is 0 Å². The van der Waals surface area contributed by atoms with Crippen LogP contribution >= 0.6 is 11.6 Å². The molecule has 0 saturated heterocycles. The van der Waals surface area contributed by atoms with Crippen LogP contribution in [0.2, 0.25) is 5.02 Å². The van der Waals surface area contributed by atoms with Crippen molar-refractivity contribution >= 4 is 17.9 Å². The normalized spacial score (nSPS) is 14.3. The molecule has 0 aliphatic carbocycles. The molecule has 0 spiro atoms. The molecule has 86 valence electrons. The number of ether oxygens (including phenoxy) is 2. The topological polar surface area (TPSA) is 35.5 Å². The van der Waals surface area contributed by atoms with Gasteiger partial charge in [0.05, 0.1) is 13.2 Å². The standard InChI is InChI=1S/C12H13ClO3/c13-10-8-12-11(15-5-2-6-16-12)7-9(10)3-1-4-14/h4,7-8H,1-3,5-6H2. The van der Waals surface area contributed by atoms with E-state index >= 15 is 0 Å². The third-order valence-electron chi connectivity index (χ3n) is 2.45. The lowest BCUT2D eigenvalue weighted by Gasteiger charge is -2.10. The molecule has 2 rings (SSSR count). The molecule has 1 aliphatic heterocycles. The summed E-state index contributed by atoms with van der Waals surface area (Å²) in [4.78, 5) is 10.3. The Kier molecular flexibility index (Phi) is 3.67. The fourth-order valence-corrected chi connectivity index (χ4v) is 1.88. The molecule has 1 aliphatic rings. The summed E-state index contributed by atoms with van der Waals surface area (Å²) in [6.07, 6.45) is 2.87. The lowest BCUT2D eigenvalue weighted by molar-refractivity contribution is -0.107. The predicted molar refractivity (Wildman–Crippen MR) is 61.4 cm³/mol. The molecule has 16 heavy (non-hydrogen) atoms. The van der Waals surface area contributed by atoms with E-state index in [1.54, 1.807) is 6.07 Å². The van der Waals surface area contributed by atoms with Gasteiger partial charge in [0.1, 0.15) is 6.29 Å². The summed E-state index contributed by atoms with van der Waals surface area (Å²) in [5.74, 6) is 1.42. The Balaban J connectivity index is 2.27. The van der Waals surface area contributed by atoms with Crippen LogP contribution in [-0.4, -0.2) is 19.5 Å². The van der Waals surface area contributed by atoms with E-state index < -0.39 is 0 Å². The minimum Gasteiger partial charge on any atom is -0.490 e. The van der Waals surface area contributed by atoms with Crippen LogP contribution in [0.5, 0.6) is 11.5 Å². The second-order valence-electron chi connectivity index (χ2n) is 3.65. The number of hydrogen-bond acceptors (Lipinski definition) is 3. The van der Waals surface area contributed by atoms with E-state index in [2.05, 4.69) is 0 Å². The summed E-state index contributed by atoms with van der Waals surface area (Å²) in [5.41, 5.74) is 0.929. The molecule has 3 nitrogen and oxygen atoms in total. The first kappa shape index (κ1) is 11.3. The summed E-state index contributed by atoms with van der Waals surface area (Å²) in [6.45, 7) is 1.30.